The number of aliphatic carboxylic acids is 1. The van der Waals surface area contributed by atoms with Gasteiger partial charge in [0.05, 0.1) is 22.7 Å². The standard InChI is InChI=1S/C24H20N2O6S/c1-15-19(13-22(28)29)23-20(26-15)11-12-21(25-14-27)24(23)33(30,31)18-9-7-17(8-10-18)32-16-5-3-2-4-6-16/h2-10,12,14H,11,13H2,1H3,(H,25,27)(H,28,29). The predicted octanol–water partition coefficient (Wildman–Crippen LogP) is 3.74. The number of allylic oxidation sites excluding steroid dienone is 3. The first-order chi connectivity index (χ1) is 15.8. The number of carbonyl (C=O) groups excluding carboxylic acids is 1. The topological polar surface area (TPSA) is 122 Å². The molecule has 1 amide bonds. The van der Waals surface area contributed by atoms with Crippen LogP contribution in [0, 0.1) is 0 Å². The SMILES string of the molecule is CC1=C(CC(=O)O)C2=C(S(=O)(=O)c3ccc(Oc4ccccc4)cc3)C(NC=O)=CCC2=N1. The van der Waals surface area contributed by atoms with Crippen molar-refractivity contribution in [2.45, 2.75) is 24.7 Å². The van der Waals surface area contributed by atoms with Crippen molar-refractivity contribution < 1.29 is 27.9 Å². The minimum atomic E-state index is -4.14. The summed E-state index contributed by atoms with van der Waals surface area (Å²) < 4.78 is 33.1. The van der Waals surface area contributed by atoms with Crippen molar-refractivity contribution >= 4 is 27.9 Å². The van der Waals surface area contributed by atoms with Crippen LogP contribution in [0.25, 0.3) is 0 Å². The molecule has 1 aliphatic heterocycles. The molecule has 0 saturated heterocycles. The van der Waals surface area contributed by atoms with Gasteiger partial charge in [-0.15, -0.1) is 0 Å². The maximum atomic E-state index is 13.7. The molecule has 0 fully saturated rings. The Balaban J connectivity index is 1.78. The largest absolute Gasteiger partial charge is 0.481 e. The summed E-state index contributed by atoms with van der Waals surface area (Å²) in [5, 5.41) is 11.8. The number of nitrogens with one attached hydrogen (secondary N) is 1. The van der Waals surface area contributed by atoms with Crippen LogP contribution in [0.2, 0.25) is 0 Å². The first-order valence-electron chi connectivity index (χ1n) is 10.0. The minimum Gasteiger partial charge on any atom is -0.481 e. The lowest BCUT2D eigenvalue weighted by Gasteiger charge is -2.22. The molecule has 2 aliphatic rings. The van der Waals surface area contributed by atoms with Gasteiger partial charge >= 0.3 is 5.97 Å². The molecule has 1 aliphatic carbocycles. The highest BCUT2D eigenvalue weighted by molar-refractivity contribution is 7.95. The Morgan fingerprint density at radius 1 is 1.12 bits per heavy atom. The molecule has 0 bridgehead atoms. The maximum absolute atomic E-state index is 13.7. The molecule has 8 nitrogen and oxygen atoms in total. The zero-order valence-electron chi connectivity index (χ0n) is 17.6. The Kier molecular flexibility index (Phi) is 5.97. The van der Waals surface area contributed by atoms with E-state index in [-0.39, 0.29) is 33.9 Å². The number of rotatable bonds is 8. The molecule has 1 heterocycles. The highest BCUT2D eigenvalue weighted by atomic mass is 32.2. The molecule has 2 aromatic carbocycles. The maximum Gasteiger partial charge on any atom is 0.307 e. The van der Waals surface area contributed by atoms with Crippen LogP contribution in [-0.2, 0) is 19.4 Å². The fraction of sp³-hybridized carbons (Fsp3) is 0.125. The molecule has 0 unspecified atom stereocenters. The molecule has 0 radical (unpaired) electrons. The number of hydrogen-bond donors (Lipinski definition) is 2. The van der Waals surface area contributed by atoms with Gasteiger partial charge in [0.25, 0.3) is 0 Å². The number of carbonyl (C=O) groups is 2. The van der Waals surface area contributed by atoms with Crippen LogP contribution in [0.3, 0.4) is 0 Å². The van der Waals surface area contributed by atoms with Crippen molar-refractivity contribution in [3.63, 3.8) is 0 Å². The lowest BCUT2D eigenvalue weighted by Crippen LogP contribution is -2.25. The number of amides is 1. The third-order valence-electron chi connectivity index (χ3n) is 5.23. The van der Waals surface area contributed by atoms with Crippen LogP contribution in [0.4, 0.5) is 0 Å². The average molecular weight is 464 g/mol. The van der Waals surface area contributed by atoms with Crippen LogP contribution in [0.5, 0.6) is 11.5 Å². The second kappa shape index (κ2) is 8.87. The second-order valence-electron chi connectivity index (χ2n) is 7.37. The molecule has 33 heavy (non-hydrogen) atoms. The molecule has 2 aromatic rings. The molecule has 2 N–H and O–H groups in total. The van der Waals surface area contributed by atoms with Gasteiger partial charge in [-0.3, -0.25) is 14.6 Å². The summed E-state index contributed by atoms with van der Waals surface area (Å²) >= 11 is 0. The zero-order valence-corrected chi connectivity index (χ0v) is 18.4. The number of sulfone groups is 1. The number of fused-ring (bicyclic) bond motifs is 1. The van der Waals surface area contributed by atoms with Gasteiger partial charge in [-0.05, 0) is 48.9 Å². The van der Waals surface area contributed by atoms with Gasteiger partial charge in [-0.25, -0.2) is 8.42 Å². The van der Waals surface area contributed by atoms with Gasteiger partial charge in [-0.2, -0.15) is 0 Å². The average Bonchev–Trinajstić information content (AvgIpc) is 3.09. The van der Waals surface area contributed by atoms with E-state index in [0.29, 0.717) is 34.9 Å². The zero-order chi connectivity index (χ0) is 23.6. The number of nitrogens with zero attached hydrogens (tertiary/aromatic N) is 1. The van der Waals surface area contributed by atoms with Gasteiger partial charge in [0.15, 0.2) is 0 Å². The summed E-state index contributed by atoms with van der Waals surface area (Å²) in [6, 6.07) is 15.0. The van der Waals surface area contributed by atoms with Gasteiger partial charge < -0.3 is 15.2 Å². The number of hydrogen-bond acceptors (Lipinski definition) is 6. The summed E-state index contributed by atoms with van der Waals surface area (Å²) in [5.41, 5.74) is 1.57. The highest BCUT2D eigenvalue weighted by Gasteiger charge is 2.37. The number of aliphatic imine (C=N–C) groups is 1. The number of carboxylic acid groups (broad SMARTS) is 1. The first kappa shape index (κ1) is 22.2. The van der Waals surface area contributed by atoms with Gasteiger partial charge in [0.2, 0.25) is 16.2 Å². The summed E-state index contributed by atoms with van der Waals surface area (Å²) in [7, 11) is -4.14. The summed E-state index contributed by atoms with van der Waals surface area (Å²) in [6.07, 6.45) is 1.84. The summed E-state index contributed by atoms with van der Waals surface area (Å²) in [5.74, 6) is -0.0444. The third kappa shape index (κ3) is 4.35. The molecule has 4 rings (SSSR count). The molecule has 0 spiro atoms. The molecular formula is C24H20N2O6S. The molecular weight excluding hydrogens is 444 g/mol. The number of benzene rings is 2. The van der Waals surface area contributed by atoms with Crippen molar-refractivity contribution in [3.05, 3.63) is 88.1 Å². The Labute approximate surface area is 190 Å². The van der Waals surface area contributed by atoms with E-state index in [2.05, 4.69) is 10.3 Å². The van der Waals surface area contributed by atoms with Crippen molar-refractivity contribution in [2.75, 3.05) is 0 Å². The van der Waals surface area contributed by atoms with Crippen molar-refractivity contribution in [1.82, 2.24) is 5.32 Å². The number of para-hydroxylation sites is 1. The fourth-order valence-corrected chi connectivity index (χ4v) is 5.46. The lowest BCUT2D eigenvalue weighted by atomic mass is 9.93. The van der Waals surface area contributed by atoms with Crippen molar-refractivity contribution in [2.24, 2.45) is 4.99 Å². The Morgan fingerprint density at radius 2 is 1.79 bits per heavy atom. The fourth-order valence-electron chi connectivity index (χ4n) is 3.79. The van der Waals surface area contributed by atoms with Gasteiger partial charge in [0.1, 0.15) is 16.4 Å². The second-order valence-corrected chi connectivity index (χ2v) is 9.26. The normalized spacial score (nSPS) is 15.5. The summed E-state index contributed by atoms with van der Waals surface area (Å²) in [4.78, 5) is 26.8. The van der Waals surface area contributed by atoms with Crippen molar-refractivity contribution in [1.29, 1.82) is 0 Å². The van der Waals surface area contributed by atoms with Crippen LogP contribution in [-0.4, -0.2) is 31.6 Å². The summed E-state index contributed by atoms with van der Waals surface area (Å²) in [6.45, 7) is 1.64. The first-order valence-corrected chi connectivity index (χ1v) is 11.5. The predicted molar refractivity (Wildman–Crippen MR) is 121 cm³/mol. The third-order valence-corrected chi connectivity index (χ3v) is 7.08. The van der Waals surface area contributed by atoms with E-state index in [0.717, 1.165) is 0 Å². The van der Waals surface area contributed by atoms with E-state index in [1.165, 1.54) is 24.3 Å². The highest BCUT2D eigenvalue weighted by Crippen LogP contribution is 2.40. The van der Waals surface area contributed by atoms with E-state index < -0.39 is 15.8 Å². The van der Waals surface area contributed by atoms with Crippen molar-refractivity contribution in [3.8, 4) is 11.5 Å². The van der Waals surface area contributed by atoms with Gasteiger partial charge in [-0.1, -0.05) is 24.3 Å². The number of carboxylic acids is 1. The van der Waals surface area contributed by atoms with Crippen LogP contribution in [0.15, 0.2) is 98.0 Å². The molecule has 0 atom stereocenters. The number of ether oxygens (including phenoxy) is 1. The van der Waals surface area contributed by atoms with E-state index in [9.17, 15) is 23.1 Å². The lowest BCUT2D eigenvalue weighted by molar-refractivity contribution is -0.136. The Morgan fingerprint density at radius 3 is 2.42 bits per heavy atom. The van der Waals surface area contributed by atoms with Crippen LogP contribution >= 0.6 is 0 Å². The Hall–Kier alpha value is -3.98. The quantitative estimate of drug-likeness (QED) is 0.574. The van der Waals surface area contributed by atoms with Gasteiger partial charge in [0, 0.05) is 17.7 Å². The van der Waals surface area contributed by atoms with E-state index >= 15 is 0 Å². The molecule has 9 heteroatoms. The van der Waals surface area contributed by atoms with E-state index in [4.69, 9.17) is 4.74 Å². The smallest absolute Gasteiger partial charge is 0.307 e. The van der Waals surface area contributed by atoms with E-state index in [1.54, 1.807) is 25.1 Å². The van der Waals surface area contributed by atoms with Crippen LogP contribution < -0.4 is 10.1 Å². The minimum absolute atomic E-state index is 0.0236. The van der Waals surface area contributed by atoms with Crippen LogP contribution in [0.1, 0.15) is 19.8 Å². The van der Waals surface area contributed by atoms with E-state index in [1.807, 2.05) is 18.2 Å². The molecule has 0 saturated carbocycles. The monoisotopic (exact) mass is 464 g/mol. The molecule has 0 aromatic heterocycles. The Bertz CT molecular complexity index is 1350. The molecule has 168 valence electrons.